The van der Waals surface area contributed by atoms with Crippen molar-refractivity contribution in [2.24, 2.45) is 0 Å². The smallest absolute Gasteiger partial charge is 0.230 e. The van der Waals surface area contributed by atoms with Crippen LogP contribution in [0.3, 0.4) is 0 Å². The van der Waals surface area contributed by atoms with Crippen LogP contribution in [0.2, 0.25) is 15.1 Å². The highest BCUT2D eigenvalue weighted by atomic mass is 35.5. The van der Waals surface area contributed by atoms with Crippen molar-refractivity contribution in [3.05, 3.63) is 68.7 Å². The lowest BCUT2D eigenvalue weighted by molar-refractivity contribution is -0.132. The van der Waals surface area contributed by atoms with E-state index in [-0.39, 0.29) is 17.9 Å². The third-order valence-electron chi connectivity index (χ3n) is 6.06. The normalized spacial score (nSPS) is 16.4. The van der Waals surface area contributed by atoms with Gasteiger partial charge in [-0.25, -0.2) is 13.1 Å². The highest BCUT2D eigenvalue weighted by Gasteiger charge is 2.27. The fourth-order valence-electron chi connectivity index (χ4n) is 4.26. The molecule has 1 unspecified atom stereocenters. The Morgan fingerprint density at radius 1 is 1.09 bits per heavy atom. The van der Waals surface area contributed by atoms with Gasteiger partial charge in [-0.05, 0) is 74.3 Å². The van der Waals surface area contributed by atoms with E-state index in [4.69, 9.17) is 34.8 Å². The average molecular weight is 547 g/mol. The van der Waals surface area contributed by atoms with Crippen molar-refractivity contribution in [3.8, 4) is 0 Å². The summed E-state index contributed by atoms with van der Waals surface area (Å²) >= 11 is 18.4. The molecule has 1 fully saturated rings. The van der Waals surface area contributed by atoms with E-state index in [1.165, 1.54) is 6.26 Å². The molecule has 1 amide bonds. The molecule has 186 valence electrons. The zero-order chi connectivity index (χ0) is 24.9. The van der Waals surface area contributed by atoms with Gasteiger partial charge >= 0.3 is 0 Å². The average Bonchev–Trinajstić information content (AvgIpc) is 2.77. The molecular weight excluding hydrogens is 517 g/mol. The molecule has 1 heterocycles. The molecule has 1 aliphatic rings. The SMILES string of the molecule is CN(Cc1ccc(Cl)cc1)C(=O)C(CCN1CCC(NS(C)(=O)=O)CC1)c1ccc(Cl)c(Cl)c1. The van der Waals surface area contributed by atoms with Gasteiger partial charge in [0, 0.05) is 24.7 Å². The number of amides is 1. The predicted molar refractivity (Wildman–Crippen MR) is 139 cm³/mol. The molecule has 6 nitrogen and oxygen atoms in total. The van der Waals surface area contributed by atoms with Gasteiger partial charge in [-0.2, -0.15) is 0 Å². The molecule has 0 aromatic heterocycles. The van der Waals surface area contributed by atoms with Gasteiger partial charge < -0.3 is 9.80 Å². The second-order valence-electron chi connectivity index (χ2n) is 8.84. The first kappa shape index (κ1) is 27.2. The van der Waals surface area contributed by atoms with E-state index in [2.05, 4.69) is 9.62 Å². The van der Waals surface area contributed by atoms with Gasteiger partial charge in [-0.15, -0.1) is 0 Å². The Labute approximate surface area is 217 Å². The number of carbonyl (C=O) groups excluding carboxylic acids is 1. The fraction of sp³-hybridized carbons (Fsp3) is 0.458. The van der Waals surface area contributed by atoms with Crippen LogP contribution >= 0.6 is 34.8 Å². The van der Waals surface area contributed by atoms with Crippen LogP contribution < -0.4 is 4.72 Å². The number of likely N-dealkylation sites (N-methyl/N-ethyl adjacent to an activating group) is 1. The lowest BCUT2D eigenvalue weighted by atomic mass is 9.93. The molecule has 10 heteroatoms. The molecule has 34 heavy (non-hydrogen) atoms. The first-order chi connectivity index (χ1) is 16.0. The van der Waals surface area contributed by atoms with E-state index in [9.17, 15) is 13.2 Å². The van der Waals surface area contributed by atoms with Crippen molar-refractivity contribution < 1.29 is 13.2 Å². The Bertz CT molecular complexity index is 1090. The van der Waals surface area contributed by atoms with Gasteiger partial charge in [0.1, 0.15) is 0 Å². The molecule has 3 rings (SSSR count). The molecule has 0 saturated carbocycles. The maximum atomic E-state index is 13.5. The number of halogens is 3. The van der Waals surface area contributed by atoms with Gasteiger partial charge in [0.05, 0.1) is 22.2 Å². The number of carbonyl (C=O) groups is 1. The van der Waals surface area contributed by atoms with Crippen molar-refractivity contribution in [3.63, 3.8) is 0 Å². The van der Waals surface area contributed by atoms with Gasteiger partial charge in [-0.1, -0.05) is 53.0 Å². The number of hydrogen-bond donors (Lipinski definition) is 1. The highest BCUT2D eigenvalue weighted by molar-refractivity contribution is 7.88. The van der Waals surface area contributed by atoms with E-state index < -0.39 is 10.0 Å². The lowest BCUT2D eigenvalue weighted by Gasteiger charge is -2.33. The number of benzene rings is 2. The van der Waals surface area contributed by atoms with Crippen LogP contribution in [0.5, 0.6) is 0 Å². The van der Waals surface area contributed by atoms with Crippen LogP contribution in [-0.2, 0) is 21.4 Å². The summed E-state index contributed by atoms with van der Waals surface area (Å²) < 4.78 is 25.7. The van der Waals surface area contributed by atoms with Crippen LogP contribution in [0, 0.1) is 0 Å². The molecule has 1 N–H and O–H groups in total. The maximum absolute atomic E-state index is 13.5. The minimum Gasteiger partial charge on any atom is -0.341 e. The van der Waals surface area contributed by atoms with Crippen LogP contribution in [0.4, 0.5) is 0 Å². The third-order valence-corrected chi connectivity index (χ3v) is 7.81. The Morgan fingerprint density at radius 2 is 1.74 bits per heavy atom. The summed E-state index contributed by atoms with van der Waals surface area (Å²) in [5.41, 5.74) is 1.82. The van der Waals surface area contributed by atoms with Crippen molar-refractivity contribution in [2.45, 2.75) is 37.8 Å². The van der Waals surface area contributed by atoms with Crippen molar-refractivity contribution >= 4 is 50.7 Å². The van der Waals surface area contributed by atoms with E-state index >= 15 is 0 Å². The molecule has 1 aliphatic heterocycles. The zero-order valence-corrected chi connectivity index (χ0v) is 22.4. The van der Waals surface area contributed by atoms with E-state index in [0.29, 0.717) is 28.0 Å². The van der Waals surface area contributed by atoms with E-state index in [1.807, 2.05) is 30.3 Å². The molecule has 0 aliphatic carbocycles. The summed E-state index contributed by atoms with van der Waals surface area (Å²) in [5.74, 6) is -0.374. The van der Waals surface area contributed by atoms with Crippen molar-refractivity contribution in [1.82, 2.24) is 14.5 Å². The lowest BCUT2D eigenvalue weighted by Crippen LogP contribution is -2.45. The largest absolute Gasteiger partial charge is 0.341 e. The summed E-state index contributed by atoms with van der Waals surface area (Å²) in [6.07, 6.45) is 3.29. The summed E-state index contributed by atoms with van der Waals surface area (Å²) in [6.45, 7) is 2.74. The zero-order valence-electron chi connectivity index (χ0n) is 19.3. The standard InChI is InChI=1S/C24H30Cl3N3O3S/c1-29(16-17-3-6-19(25)7-4-17)24(31)21(18-5-8-22(26)23(27)15-18)11-14-30-12-9-20(10-13-30)28-34(2,32)33/h3-8,15,20-21,28H,9-14,16H2,1-2H3. The van der Waals surface area contributed by atoms with Crippen LogP contribution in [0.1, 0.15) is 36.3 Å². The predicted octanol–water partition coefficient (Wildman–Crippen LogP) is 4.79. The first-order valence-corrected chi connectivity index (χ1v) is 14.2. The second-order valence-corrected chi connectivity index (χ2v) is 11.9. The van der Waals surface area contributed by atoms with E-state index in [0.717, 1.165) is 43.6 Å². The third kappa shape index (κ3) is 8.11. The number of likely N-dealkylation sites (tertiary alicyclic amines) is 1. The van der Waals surface area contributed by atoms with Gasteiger partial charge in [0.25, 0.3) is 0 Å². The number of nitrogens with one attached hydrogen (secondary N) is 1. The number of piperidine rings is 1. The molecule has 0 bridgehead atoms. The minimum absolute atomic E-state index is 0.00182. The second kappa shape index (κ2) is 12.1. The molecular formula is C24H30Cl3N3O3S. The molecule has 2 aromatic rings. The van der Waals surface area contributed by atoms with Crippen LogP contribution in [-0.4, -0.2) is 63.1 Å². The summed E-state index contributed by atoms with van der Waals surface area (Å²) in [7, 11) is -1.41. The minimum atomic E-state index is -3.21. The number of rotatable bonds is 9. The fourth-order valence-corrected chi connectivity index (χ4v) is 5.53. The summed E-state index contributed by atoms with van der Waals surface area (Å²) in [4.78, 5) is 17.5. The molecule has 0 spiro atoms. The van der Waals surface area contributed by atoms with Gasteiger partial charge in [0.15, 0.2) is 0 Å². The molecule has 1 saturated heterocycles. The number of hydrogen-bond acceptors (Lipinski definition) is 4. The topological polar surface area (TPSA) is 69.7 Å². The van der Waals surface area contributed by atoms with Crippen molar-refractivity contribution in [2.75, 3.05) is 32.9 Å². The Morgan fingerprint density at radius 3 is 2.32 bits per heavy atom. The quantitative estimate of drug-likeness (QED) is 0.491. The summed E-state index contributed by atoms with van der Waals surface area (Å²) in [5, 5.41) is 1.53. The first-order valence-electron chi connectivity index (χ1n) is 11.2. The molecule has 2 aromatic carbocycles. The van der Waals surface area contributed by atoms with E-state index in [1.54, 1.807) is 24.1 Å². The van der Waals surface area contributed by atoms with Crippen LogP contribution in [0.25, 0.3) is 0 Å². The maximum Gasteiger partial charge on any atom is 0.230 e. The van der Waals surface area contributed by atoms with Gasteiger partial charge in [-0.3, -0.25) is 4.79 Å². The number of nitrogens with zero attached hydrogens (tertiary/aromatic N) is 2. The molecule has 1 atom stereocenters. The Balaban J connectivity index is 1.68. The summed E-state index contributed by atoms with van der Waals surface area (Å²) in [6, 6.07) is 12.8. The van der Waals surface area contributed by atoms with Crippen LogP contribution in [0.15, 0.2) is 42.5 Å². The highest BCUT2D eigenvalue weighted by Crippen LogP contribution is 2.30. The van der Waals surface area contributed by atoms with Gasteiger partial charge in [0.2, 0.25) is 15.9 Å². The molecule has 0 radical (unpaired) electrons. The number of sulfonamides is 1. The monoisotopic (exact) mass is 545 g/mol. The Kier molecular flexibility index (Phi) is 9.66. The van der Waals surface area contributed by atoms with Crippen molar-refractivity contribution in [1.29, 1.82) is 0 Å². The Hall–Kier alpha value is -1.35.